The maximum absolute atomic E-state index is 11.9. The average Bonchev–Trinajstić information content (AvgIpc) is 2.86. The third-order valence-corrected chi connectivity index (χ3v) is 8.84. The number of aliphatic hydroxyl groups is 4. The van der Waals surface area contributed by atoms with Crippen LogP contribution in [0, 0.1) is 28.6 Å². The molecule has 3 fully saturated rings. The molecular weight excluding hydrogens is 332 g/mol. The molecule has 146 valence electrons. The van der Waals surface area contributed by atoms with E-state index in [4.69, 9.17) is 0 Å². The summed E-state index contributed by atoms with van der Waals surface area (Å²) in [5, 5.41) is 42.3. The fraction of sp³-hybridized carbons (Fsp3) is 0.857. The molecule has 4 aliphatic rings. The van der Waals surface area contributed by atoms with Crippen LogP contribution < -0.4 is 0 Å². The first-order valence-corrected chi connectivity index (χ1v) is 10.1. The van der Waals surface area contributed by atoms with Crippen LogP contribution in [0.25, 0.3) is 0 Å². The van der Waals surface area contributed by atoms with Crippen molar-refractivity contribution in [2.75, 3.05) is 6.61 Å². The summed E-state index contributed by atoms with van der Waals surface area (Å²) >= 11 is 0. The Kier molecular flexibility index (Phi) is 4.20. The lowest BCUT2D eigenvalue weighted by molar-refractivity contribution is -0.207. The Hall–Kier alpha value is -0.750. The minimum absolute atomic E-state index is 0.0993. The number of hydrogen-bond acceptors (Lipinski definition) is 5. The van der Waals surface area contributed by atoms with Crippen LogP contribution in [0.3, 0.4) is 0 Å². The molecule has 0 heterocycles. The van der Waals surface area contributed by atoms with Gasteiger partial charge in [-0.3, -0.25) is 4.79 Å². The van der Waals surface area contributed by atoms with Crippen LogP contribution >= 0.6 is 0 Å². The van der Waals surface area contributed by atoms with Gasteiger partial charge in [0.25, 0.3) is 0 Å². The third kappa shape index (κ3) is 2.20. The molecule has 5 heteroatoms. The zero-order valence-corrected chi connectivity index (χ0v) is 15.8. The van der Waals surface area contributed by atoms with Gasteiger partial charge in [0.05, 0.1) is 18.3 Å². The van der Waals surface area contributed by atoms with Crippen LogP contribution in [0.5, 0.6) is 0 Å². The maximum Gasteiger partial charge on any atom is 0.155 e. The minimum atomic E-state index is -1.35. The summed E-state index contributed by atoms with van der Waals surface area (Å²) in [7, 11) is 0. The zero-order valence-electron chi connectivity index (χ0n) is 15.8. The fourth-order valence-corrected chi connectivity index (χ4v) is 7.42. The summed E-state index contributed by atoms with van der Waals surface area (Å²) in [6.45, 7) is 3.73. The molecule has 3 saturated carbocycles. The fourth-order valence-electron chi connectivity index (χ4n) is 7.42. The van der Waals surface area contributed by atoms with E-state index < -0.39 is 29.8 Å². The Morgan fingerprint density at radius 1 is 1.23 bits per heavy atom. The second-order valence-electron chi connectivity index (χ2n) is 9.74. The van der Waals surface area contributed by atoms with E-state index in [-0.39, 0.29) is 29.0 Å². The first-order valence-electron chi connectivity index (χ1n) is 10.1. The summed E-state index contributed by atoms with van der Waals surface area (Å²) in [6, 6.07) is 0. The highest BCUT2D eigenvalue weighted by Crippen LogP contribution is 2.67. The van der Waals surface area contributed by atoms with Gasteiger partial charge in [0.2, 0.25) is 0 Å². The van der Waals surface area contributed by atoms with Crippen molar-refractivity contribution in [3.8, 4) is 0 Å². The Balaban J connectivity index is 1.72. The smallest absolute Gasteiger partial charge is 0.155 e. The lowest BCUT2D eigenvalue weighted by Gasteiger charge is -2.61. The van der Waals surface area contributed by atoms with Crippen LogP contribution in [0.4, 0.5) is 0 Å². The van der Waals surface area contributed by atoms with Gasteiger partial charge in [-0.1, -0.05) is 19.4 Å². The maximum atomic E-state index is 11.9. The Bertz CT molecular complexity index is 644. The number of hydrogen-bond donors (Lipinski definition) is 4. The molecule has 0 aromatic rings. The monoisotopic (exact) mass is 364 g/mol. The summed E-state index contributed by atoms with van der Waals surface area (Å²) < 4.78 is 0. The van der Waals surface area contributed by atoms with Gasteiger partial charge in [-0.25, -0.2) is 0 Å². The van der Waals surface area contributed by atoms with Crippen molar-refractivity contribution in [3.05, 3.63) is 11.6 Å². The molecule has 4 aliphatic carbocycles. The van der Waals surface area contributed by atoms with E-state index in [9.17, 15) is 25.2 Å². The van der Waals surface area contributed by atoms with Crippen molar-refractivity contribution in [2.45, 2.75) is 76.6 Å². The minimum Gasteiger partial charge on any atom is -0.394 e. The van der Waals surface area contributed by atoms with Gasteiger partial charge in [-0.05, 0) is 67.8 Å². The summed E-state index contributed by atoms with van der Waals surface area (Å²) in [5.41, 5.74) is -0.898. The van der Waals surface area contributed by atoms with E-state index >= 15 is 0 Å². The molecule has 5 nitrogen and oxygen atoms in total. The third-order valence-electron chi connectivity index (χ3n) is 8.84. The standard InChI is InChI=1S/C21H32O5/c1-19-7-5-13(23)9-12(19)3-4-14-15-6-8-21(26,17(25)11-22)20(15,2)10-16(24)18(14)19/h9,14-18,22,24-26H,3-8,10-11H2,1-2H3/t14?,15?,16?,17?,18?,19-,20-,21-/m0/s1. The van der Waals surface area contributed by atoms with E-state index in [1.807, 2.05) is 13.0 Å². The highest BCUT2D eigenvalue weighted by molar-refractivity contribution is 5.91. The molecule has 4 rings (SSSR count). The molecule has 0 spiro atoms. The molecule has 0 amide bonds. The lowest BCUT2D eigenvalue weighted by Crippen LogP contribution is -2.63. The van der Waals surface area contributed by atoms with E-state index in [2.05, 4.69) is 6.92 Å². The van der Waals surface area contributed by atoms with Crippen LogP contribution in [-0.2, 0) is 4.79 Å². The molecule has 0 aliphatic heterocycles. The summed E-state index contributed by atoms with van der Waals surface area (Å²) in [6.07, 6.45) is 4.92. The number of allylic oxidation sites excluding steroid dienone is 1. The van der Waals surface area contributed by atoms with Crippen LogP contribution in [0.15, 0.2) is 11.6 Å². The predicted molar refractivity (Wildman–Crippen MR) is 96.1 cm³/mol. The zero-order chi connectivity index (χ0) is 18.9. The van der Waals surface area contributed by atoms with E-state index in [0.717, 1.165) is 25.7 Å². The average molecular weight is 364 g/mol. The van der Waals surface area contributed by atoms with Crippen molar-refractivity contribution in [3.63, 3.8) is 0 Å². The molecule has 0 aromatic heterocycles. The molecule has 0 radical (unpaired) electrons. The summed E-state index contributed by atoms with van der Waals surface area (Å²) in [4.78, 5) is 11.9. The Labute approximate surface area is 155 Å². The molecule has 5 unspecified atom stereocenters. The molecule has 0 saturated heterocycles. The number of rotatable bonds is 2. The first-order chi connectivity index (χ1) is 12.2. The quantitative estimate of drug-likeness (QED) is 0.596. The normalized spacial score (nSPS) is 51.9. The molecular formula is C21H32O5. The van der Waals surface area contributed by atoms with Gasteiger partial charge < -0.3 is 20.4 Å². The van der Waals surface area contributed by atoms with Crippen molar-refractivity contribution in [1.29, 1.82) is 0 Å². The second kappa shape index (κ2) is 5.87. The number of carbonyl (C=O) groups is 1. The molecule has 26 heavy (non-hydrogen) atoms. The van der Waals surface area contributed by atoms with Gasteiger partial charge in [-0.15, -0.1) is 0 Å². The van der Waals surface area contributed by atoms with Gasteiger partial charge in [0.1, 0.15) is 6.10 Å². The van der Waals surface area contributed by atoms with Crippen LogP contribution in [0.1, 0.15) is 58.8 Å². The Morgan fingerprint density at radius 3 is 2.65 bits per heavy atom. The van der Waals surface area contributed by atoms with Crippen LogP contribution in [0.2, 0.25) is 0 Å². The van der Waals surface area contributed by atoms with Crippen LogP contribution in [-0.4, -0.2) is 50.6 Å². The predicted octanol–water partition coefficient (Wildman–Crippen LogP) is 1.57. The largest absolute Gasteiger partial charge is 0.394 e. The Morgan fingerprint density at radius 2 is 1.96 bits per heavy atom. The molecule has 0 bridgehead atoms. The highest BCUT2D eigenvalue weighted by atomic mass is 16.4. The first kappa shape index (κ1) is 18.6. The number of carbonyl (C=O) groups excluding carboxylic acids is 1. The highest BCUT2D eigenvalue weighted by Gasteiger charge is 2.67. The molecule has 8 atom stereocenters. The number of ketones is 1. The van der Waals surface area contributed by atoms with Crippen molar-refractivity contribution in [2.24, 2.45) is 28.6 Å². The van der Waals surface area contributed by atoms with Gasteiger partial charge >= 0.3 is 0 Å². The number of fused-ring (bicyclic) bond motifs is 5. The van der Waals surface area contributed by atoms with Crippen molar-refractivity contribution >= 4 is 5.78 Å². The van der Waals surface area contributed by atoms with Crippen molar-refractivity contribution < 1.29 is 25.2 Å². The van der Waals surface area contributed by atoms with Crippen molar-refractivity contribution in [1.82, 2.24) is 0 Å². The van der Waals surface area contributed by atoms with Gasteiger partial charge in [-0.2, -0.15) is 0 Å². The van der Waals surface area contributed by atoms with Gasteiger partial charge in [0, 0.05) is 11.8 Å². The van der Waals surface area contributed by atoms with Gasteiger partial charge in [0.15, 0.2) is 5.78 Å². The number of aliphatic hydroxyl groups excluding tert-OH is 3. The van der Waals surface area contributed by atoms with E-state index in [1.165, 1.54) is 5.57 Å². The topological polar surface area (TPSA) is 98.0 Å². The SMILES string of the molecule is C[C@]12CCC(=O)C=C1CCC1C2C(O)C[C@@]2(C)C1CC[C@]2(O)C(O)CO. The second-order valence-corrected chi connectivity index (χ2v) is 9.74. The molecule has 4 N–H and O–H groups in total. The van der Waals surface area contributed by atoms with E-state index in [0.29, 0.717) is 19.3 Å². The lowest BCUT2D eigenvalue weighted by atomic mass is 9.45. The molecule has 0 aromatic carbocycles. The van der Waals surface area contributed by atoms with E-state index in [1.54, 1.807) is 0 Å². The summed E-state index contributed by atoms with van der Waals surface area (Å²) in [5.74, 6) is 0.798.